The smallest absolute Gasteiger partial charge is 0.336 e. The zero-order valence-electron chi connectivity index (χ0n) is 22.3. The van der Waals surface area contributed by atoms with Crippen LogP contribution in [-0.2, 0) is 22.7 Å². The van der Waals surface area contributed by atoms with Gasteiger partial charge in [-0.1, -0.05) is 54.6 Å². The second kappa shape index (κ2) is 12.3. The Bertz CT molecular complexity index is 1410. The van der Waals surface area contributed by atoms with Crippen LogP contribution in [0.5, 0.6) is 5.75 Å². The second-order valence-electron chi connectivity index (χ2n) is 9.84. The molecule has 1 fully saturated rings. The molecule has 1 aliphatic carbocycles. The number of ether oxygens (including phenoxy) is 3. The lowest BCUT2D eigenvalue weighted by Crippen LogP contribution is -2.28. The van der Waals surface area contributed by atoms with Gasteiger partial charge in [0.05, 0.1) is 38.1 Å². The molecule has 7 heteroatoms. The molecule has 4 aromatic rings. The van der Waals surface area contributed by atoms with Gasteiger partial charge in [0.2, 0.25) is 5.89 Å². The molecule has 2 atom stereocenters. The summed E-state index contributed by atoms with van der Waals surface area (Å²) >= 11 is 0. The van der Waals surface area contributed by atoms with Crippen molar-refractivity contribution >= 4 is 5.97 Å². The van der Waals surface area contributed by atoms with Crippen molar-refractivity contribution in [1.82, 2.24) is 4.98 Å². The molecule has 0 saturated heterocycles. The van der Waals surface area contributed by atoms with Crippen molar-refractivity contribution in [3.63, 3.8) is 0 Å². The monoisotopic (exact) mass is 527 g/mol. The van der Waals surface area contributed by atoms with Crippen LogP contribution in [0, 0.1) is 6.92 Å². The van der Waals surface area contributed by atoms with Gasteiger partial charge in [0.25, 0.3) is 0 Å². The normalized spacial score (nSPS) is 17.2. The highest BCUT2D eigenvalue weighted by atomic mass is 16.5. The molecule has 1 heterocycles. The lowest BCUT2D eigenvalue weighted by atomic mass is 9.94. The van der Waals surface area contributed by atoms with Crippen LogP contribution in [0.4, 0.5) is 0 Å². The molecule has 3 aromatic carbocycles. The highest BCUT2D eigenvalue weighted by Crippen LogP contribution is 2.33. The molecule has 0 bridgehead atoms. The van der Waals surface area contributed by atoms with E-state index < -0.39 is 5.97 Å². The van der Waals surface area contributed by atoms with E-state index in [1.54, 1.807) is 7.11 Å². The first kappa shape index (κ1) is 26.7. The van der Waals surface area contributed by atoms with Crippen molar-refractivity contribution in [2.24, 2.45) is 0 Å². The third-order valence-corrected chi connectivity index (χ3v) is 7.13. The van der Waals surface area contributed by atoms with Crippen molar-refractivity contribution in [2.45, 2.75) is 58.0 Å². The maximum atomic E-state index is 11.7. The molecule has 5 rings (SSSR count). The molecule has 1 unspecified atom stereocenters. The van der Waals surface area contributed by atoms with Gasteiger partial charge in [0.1, 0.15) is 11.4 Å². The van der Waals surface area contributed by atoms with E-state index in [1.165, 1.54) is 0 Å². The van der Waals surface area contributed by atoms with Crippen LogP contribution in [-0.4, -0.2) is 35.4 Å². The molecule has 0 radical (unpaired) electrons. The molecular weight excluding hydrogens is 494 g/mol. The Labute approximate surface area is 228 Å². The van der Waals surface area contributed by atoms with Gasteiger partial charge in [0, 0.05) is 11.1 Å². The number of rotatable bonds is 10. The summed E-state index contributed by atoms with van der Waals surface area (Å²) < 4.78 is 24.2. The van der Waals surface area contributed by atoms with Gasteiger partial charge in [-0.3, -0.25) is 0 Å². The number of nitrogens with zero attached hydrogens (tertiary/aromatic N) is 1. The standard InChI is InChI=1S/C32H33NO6/c1-21-9-6-13-24(29(21)32(34)35)19-37-26-15-8-16-27(18-26)38-20-28-30(22-10-4-3-5-11-22)39-31(33-28)23-12-7-14-25(17-23)36-2/h3-7,9-14,17,26-27H,8,15-16,18-20H2,1-2H3,(H,34,35)/t26?,27-/m0/s1. The molecule has 1 N–H and O–H groups in total. The number of oxazole rings is 1. The number of carboxylic acid groups (broad SMARTS) is 1. The fourth-order valence-corrected chi connectivity index (χ4v) is 5.11. The number of hydrogen-bond acceptors (Lipinski definition) is 6. The Kier molecular flexibility index (Phi) is 8.39. The Morgan fingerprint density at radius 2 is 1.67 bits per heavy atom. The van der Waals surface area contributed by atoms with Crippen LogP contribution >= 0.6 is 0 Å². The summed E-state index contributed by atoms with van der Waals surface area (Å²) in [4.78, 5) is 16.5. The molecule has 1 saturated carbocycles. The first-order chi connectivity index (χ1) is 19.0. The van der Waals surface area contributed by atoms with E-state index >= 15 is 0 Å². The molecule has 202 valence electrons. The fourth-order valence-electron chi connectivity index (χ4n) is 5.11. The quantitative estimate of drug-likeness (QED) is 0.236. The van der Waals surface area contributed by atoms with Crippen LogP contribution < -0.4 is 4.74 Å². The van der Waals surface area contributed by atoms with E-state index in [2.05, 4.69) is 0 Å². The SMILES string of the molecule is COc1cccc(-c2nc(CO[C@H]3CCCC(OCc4cccc(C)c4C(=O)O)C3)c(-c3ccccc3)o2)c1. The number of carboxylic acids is 1. The number of aromatic carboxylic acids is 1. The maximum Gasteiger partial charge on any atom is 0.336 e. The van der Waals surface area contributed by atoms with Crippen molar-refractivity contribution in [3.8, 4) is 28.5 Å². The van der Waals surface area contributed by atoms with Crippen LogP contribution in [0.15, 0.2) is 77.2 Å². The van der Waals surface area contributed by atoms with Gasteiger partial charge in [-0.25, -0.2) is 9.78 Å². The lowest BCUT2D eigenvalue weighted by molar-refractivity contribution is -0.0562. The summed E-state index contributed by atoms with van der Waals surface area (Å²) in [5, 5.41) is 9.61. The summed E-state index contributed by atoms with van der Waals surface area (Å²) in [6.07, 6.45) is 3.60. The number of aromatic nitrogens is 1. The van der Waals surface area contributed by atoms with E-state index in [0.29, 0.717) is 29.4 Å². The van der Waals surface area contributed by atoms with Crippen molar-refractivity contribution < 1.29 is 28.5 Å². The predicted octanol–water partition coefficient (Wildman–Crippen LogP) is 7.07. The number of benzene rings is 3. The van der Waals surface area contributed by atoms with E-state index in [0.717, 1.165) is 53.8 Å². The Balaban J connectivity index is 1.27. The molecule has 39 heavy (non-hydrogen) atoms. The number of carbonyl (C=O) groups is 1. The van der Waals surface area contributed by atoms with Crippen LogP contribution in [0.25, 0.3) is 22.8 Å². The van der Waals surface area contributed by atoms with Crippen molar-refractivity contribution in [3.05, 3.63) is 95.2 Å². The van der Waals surface area contributed by atoms with E-state index in [1.807, 2.05) is 79.7 Å². The van der Waals surface area contributed by atoms with Crippen LogP contribution in [0.2, 0.25) is 0 Å². The Morgan fingerprint density at radius 1 is 0.949 bits per heavy atom. The molecule has 0 amide bonds. The number of methoxy groups -OCH3 is 1. The molecule has 0 spiro atoms. The maximum absolute atomic E-state index is 11.7. The highest BCUT2D eigenvalue weighted by molar-refractivity contribution is 5.91. The topological polar surface area (TPSA) is 91.0 Å². The summed E-state index contributed by atoms with van der Waals surface area (Å²) in [7, 11) is 1.64. The number of hydrogen-bond donors (Lipinski definition) is 1. The van der Waals surface area contributed by atoms with Crippen LogP contribution in [0.1, 0.15) is 52.9 Å². The summed E-state index contributed by atoms with van der Waals surface area (Å²) in [5.41, 5.74) is 4.28. The minimum absolute atomic E-state index is 0.00385. The highest BCUT2D eigenvalue weighted by Gasteiger charge is 2.25. The molecule has 0 aliphatic heterocycles. The van der Waals surface area contributed by atoms with Crippen molar-refractivity contribution in [2.75, 3.05) is 7.11 Å². The van der Waals surface area contributed by atoms with Gasteiger partial charge < -0.3 is 23.7 Å². The van der Waals surface area contributed by atoms with Gasteiger partial charge in [-0.05, 0) is 61.9 Å². The zero-order chi connectivity index (χ0) is 27.2. The van der Waals surface area contributed by atoms with Crippen molar-refractivity contribution in [1.29, 1.82) is 0 Å². The average molecular weight is 528 g/mol. The Morgan fingerprint density at radius 3 is 2.41 bits per heavy atom. The minimum atomic E-state index is -0.924. The predicted molar refractivity (Wildman–Crippen MR) is 148 cm³/mol. The lowest BCUT2D eigenvalue weighted by Gasteiger charge is -2.29. The second-order valence-corrected chi connectivity index (χ2v) is 9.84. The van der Waals surface area contributed by atoms with E-state index in [-0.39, 0.29) is 18.8 Å². The van der Waals surface area contributed by atoms with E-state index in [4.69, 9.17) is 23.6 Å². The average Bonchev–Trinajstić information content (AvgIpc) is 3.40. The molecule has 7 nitrogen and oxygen atoms in total. The van der Waals surface area contributed by atoms with Gasteiger partial charge in [0.15, 0.2) is 5.76 Å². The summed E-state index contributed by atoms with van der Waals surface area (Å²) in [5.74, 6) is 1.02. The zero-order valence-corrected chi connectivity index (χ0v) is 22.3. The first-order valence-electron chi connectivity index (χ1n) is 13.3. The minimum Gasteiger partial charge on any atom is -0.497 e. The third-order valence-electron chi connectivity index (χ3n) is 7.13. The summed E-state index contributed by atoms with van der Waals surface area (Å²) in [6.45, 7) is 2.40. The van der Waals surface area contributed by atoms with Crippen LogP contribution in [0.3, 0.4) is 0 Å². The fraction of sp³-hybridized carbons (Fsp3) is 0.312. The molecule has 1 aliphatic rings. The first-order valence-corrected chi connectivity index (χ1v) is 13.3. The van der Waals surface area contributed by atoms with E-state index in [9.17, 15) is 9.90 Å². The van der Waals surface area contributed by atoms with Gasteiger partial charge >= 0.3 is 5.97 Å². The largest absolute Gasteiger partial charge is 0.497 e. The molecule has 1 aromatic heterocycles. The Hall–Kier alpha value is -3.94. The van der Waals surface area contributed by atoms with Gasteiger partial charge in [-0.2, -0.15) is 0 Å². The third kappa shape index (κ3) is 6.38. The number of aryl methyl sites for hydroxylation is 1. The summed E-state index contributed by atoms with van der Waals surface area (Å²) in [6, 6.07) is 23.1. The van der Waals surface area contributed by atoms with Gasteiger partial charge in [-0.15, -0.1) is 0 Å². The molecular formula is C32H33NO6.